The van der Waals surface area contributed by atoms with Gasteiger partial charge in [0, 0.05) is 50.1 Å². The van der Waals surface area contributed by atoms with Crippen molar-refractivity contribution in [1.82, 2.24) is 44.9 Å². The molecule has 0 aliphatic carbocycles. The number of hydrogen-bond donors (Lipinski definition) is 11. The van der Waals surface area contributed by atoms with E-state index in [2.05, 4.69) is 15.3 Å². The fourth-order valence-electron chi connectivity index (χ4n) is 5.81. The van der Waals surface area contributed by atoms with Crippen LogP contribution in [-0.4, -0.2) is 179 Å². The number of imidazole rings is 2. The van der Waals surface area contributed by atoms with E-state index in [-0.39, 0.29) is 11.6 Å². The number of aromatic nitrogens is 4. The van der Waals surface area contributed by atoms with Crippen LogP contribution < -0.4 is 16.0 Å². The Morgan fingerprint density at radius 3 is 1.44 bits per heavy atom. The van der Waals surface area contributed by atoms with Crippen molar-refractivity contribution in [2.75, 3.05) is 19.6 Å². The molecule has 0 saturated heterocycles. The van der Waals surface area contributed by atoms with Gasteiger partial charge in [0.1, 0.15) is 49.4 Å². The van der Waals surface area contributed by atoms with E-state index < -0.39 is 180 Å². The van der Waals surface area contributed by atoms with Gasteiger partial charge in [-0.25, -0.2) is 29.1 Å². The predicted molar refractivity (Wildman–Crippen MR) is 204 cm³/mol. The number of aliphatic carboxylic acids is 8. The smallest absolute Gasteiger partial charge is 0.327 e. The average Bonchev–Trinajstić information content (AvgIpc) is 3.80. The molecule has 2 heterocycles. The van der Waals surface area contributed by atoms with Gasteiger partial charge in [0.15, 0.2) is 5.78 Å². The summed E-state index contributed by atoms with van der Waals surface area (Å²) >= 11 is 0. The van der Waals surface area contributed by atoms with Gasteiger partial charge in [-0.2, -0.15) is 0 Å². The second-order valence-corrected chi connectivity index (χ2v) is 13.8. The summed E-state index contributed by atoms with van der Waals surface area (Å²) < 4.78 is 2.39. The lowest BCUT2D eigenvalue weighted by molar-refractivity contribution is -0.149. The molecule has 0 aliphatic heterocycles. The maximum Gasteiger partial charge on any atom is 0.327 e. The van der Waals surface area contributed by atoms with E-state index in [9.17, 15) is 93.3 Å². The van der Waals surface area contributed by atoms with Crippen LogP contribution in [0.2, 0.25) is 0 Å². The maximum absolute atomic E-state index is 13.1. The summed E-state index contributed by atoms with van der Waals surface area (Å²) in [7, 11) is 0. The molecule has 0 aromatic carbocycles. The monoisotopic (exact) mass is 911 g/mol. The molecule has 1 unspecified atom stereocenters. The molecule has 2 rings (SSSR count). The molecule has 2 aromatic rings. The lowest BCUT2D eigenvalue weighted by atomic mass is 9.96. The van der Waals surface area contributed by atoms with Crippen LogP contribution in [0.5, 0.6) is 0 Å². The number of carboxylic acid groups (broad SMARTS) is 8. The second kappa shape index (κ2) is 25.1. The summed E-state index contributed by atoms with van der Waals surface area (Å²) in [5.41, 5.74) is 0. The average molecular weight is 912 g/mol. The van der Waals surface area contributed by atoms with E-state index >= 15 is 0 Å². The Morgan fingerprint density at radius 1 is 0.562 bits per heavy atom. The third kappa shape index (κ3) is 18.7. The summed E-state index contributed by atoms with van der Waals surface area (Å²) in [5, 5.41) is 80.7. The maximum atomic E-state index is 13.1. The summed E-state index contributed by atoms with van der Waals surface area (Å²) in [6.07, 6.45) is 0.727. The van der Waals surface area contributed by atoms with Crippen molar-refractivity contribution in [3.8, 4) is 0 Å². The molecule has 3 atom stereocenters. The molecule has 4 amide bonds. The SMILES string of the molecule is O=C(O)CC[C@H](NC(=O)N[C@@H](CCC(=O)NC(CN(Cc1nccn1CC(=O)C(CC(=O)O)CC(=O)O)Cc1nccn1CC(=O)N(CC(=O)O)CC(=O)O)C(=O)O)C(=O)O)C(=O)O. The Kier molecular flexibility index (Phi) is 20.4. The zero-order valence-electron chi connectivity index (χ0n) is 33.5. The molecule has 0 radical (unpaired) electrons. The minimum Gasteiger partial charge on any atom is -0.481 e. The number of carbonyl (C=O) groups is 12. The first-order chi connectivity index (χ1) is 29.9. The largest absolute Gasteiger partial charge is 0.481 e. The molecule has 0 fully saturated rings. The van der Waals surface area contributed by atoms with Crippen molar-refractivity contribution >= 4 is 71.4 Å². The highest BCUT2D eigenvalue weighted by Crippen LogP contribution is 2.16. The normalized spacial score (nSPS) is 12.3. The molecular weight excluding hydrogens is 866 g/mol. The lowest BCUT2D eigenvalue weighted by Crippen LogP contribution is -2.52. The minimum absolute atomic E-state index is 0.00618. The molecule has 0 bridgehead atoms. The zero-order chi connectivity index (χ0) is 48.3. The first-order valence-corrected chi connectivity index (χ1v) is 18.6. The minimum atomic E-state index is -1.84. The molecule has 11 N–H and O–H groups in total. The molecule has 64 heavy (non-hydrogen) atoms. The molecular formula is C35H45N9O20. The van der Waals surface area contributed by atoms with E-state index in [4.69, 9.17) is 5.11 Å². The molecule has 2 aromatic heterocycles. The van der Waals surface area contributed by atoms with Gasteiger partial charge >= 0.3 is 53.8 Å². The Labute approximate surface area is 359 Å². The van der Waals surface area contributed by atoms with Crippen molar-refractivity contribution in [2.24, 2.45) is 5.92 Å². The predicted octanol–water partition coefficient (Wildman–Crippen LogP) is -3.37. The fourth-order valence-corrected chi connectivity index (χ4v) is 5.81. The van der Waals surface area contributed by atoms with Crippen molar-refractivity contribution < 1.29 is 98.4 Å². The number of nitrogens with one attached hydrogen (secondary N) is 3. The number of amides is 4. The van der Waals surface area contributed by atoms with Crippen LogP contribution in [0.3, 0.4) is 0 Å². The van der Waals surface area contributed by atoms with Crippen LogP contribution in [0.15, 0.2) is 24.8 Å². The number of rotatable bonds is 31. The quantitative estimate of drug-likeness (QED) is 0.0352. The highest BCUT2D eigenvalue weighted by Gasteiger charge is 2.30. The Bertz CT molecular complexity index is 1960. The molecule has 0 saturated carbocycles. The van der Waals surface area contributed by atoms with Gasteiger partial charge in [0.25, 0.3) is 0 Å². The van der Waals surface area contributed by atoms with E-state index in [0.717, 1.165) is 0 Å². The highest BCUT2D eigenvalue weighted by atomic mass is 16.4. The third-order valence-corrected chi connectivity index (χ3v) is 8.86. The lowest BCUT2D eigenvalue weighted by Gasteiger charge is -2.27. The van der Waals surface area contributed by atoms with Crippen LogP contribution in [0.1, 0.15) is 50.2 Å². The zero-order valence-corrected chi connectivity index (χ0v) is 33.5. The summed E-state index contributed by atoms with van der Waals surface area (Å²) in [4.78, 5) is 154. The van der Waals surface area contributed by atoms with Crippen molar-refractivity contribution in [2.45, 2.75) is 82.8 Å². The summed E-state index contributed by atoms with van der Waals surface area (Å²) in [6, 6.07) is -6.72. The van der Waals surface area contributed by atoms with Gasteiger partial charge in [0.05, 0.1) is 32.5 Å². The number of hydrogen-bond acceptors (Lipinski definition) is 15. The standard InChI is InChI=1S/C35H45N9O20/c45-22(18(9-28(50)51)10-29(52)53)12-42-7-5-36-23(42)13-41(14-24-37-6-8-43(24)15-26(47)44(16-30(54)55)17-31(56)57)11-21(34(62)63)38-25(46)3-1-19(32(58)59)39-35(64)40-20(33(60)61)2-4-27(48)49/h5-8,18-21H,1-4,9-17H2,(H,38,46)(H,48,49)(H,50,51)(H,52,53)(H,54,55)(H,56,57)(H,58,59)(H,60,61)(H,62,63)(H2,39,40,64)/t19-,20-,21?/m0/s1. The van der Waals surface area contributed by atoms with Crippen LogP contribution in [-0.2, 0) is 78.9 Å². The molecule has 29 heteroatoms. The van der Waals surface area contributed by atoms with Crippen molar-refractivity contribution in [3.63, 3.8) is 0 Å². The molecule has 0 aliphatic rings. The summed E-state index contributed by atoms with van der Waals surface area (Å²) in [5.74, 6) is -16.5. The van der Waals surface area contributed by atoms with Gasteiger partial charge in [0.2, 0.25) is 11.8 Å². The van der Waals surface area contributed by atoms with Gasteiger partial charge in [-0.3, -0.25) is 43.3 Å². The van der Waals surface area contributed by atoms with Crippen molar-refractivity contribution in [3.05, 3.63) is 36.4 Å². The van der Waals surface area contributed by atoms with Crippen LogP contribution in [0.25, 0.3) is 0 Å². The number of carbonyl (C=O) groups excluding carboxylic acids is 4. The van der Waals surface area contributed by atoms with E-state index in [0.29, 0.717) is 4.90 Å². The van der Waals surface area contributed by atoms with Gasteiger partial charge < -0.3 is 70.8 Å². The number of ketones is 1. The Hall–Kier alpha value is -7.98. The van der Waals surface area contributed by atoms with Gasteiger partial charge in [-0.05, 0) is 12.8 Å². The topological polar surface area (TPSA) is 445 Å². The number of nitrogens with zero attached hydrogens (tertiary/aromatic N) is 6. The van der Waals surface area contributed by atoms with Gasteiger partial charge in [-0.15, -0.1) is 0 Å². The van der Waals surface area contributed by atoms with Gasteiger partial charge in [-0.1, -0.05) is 0 Å². The van der Waals surface area contributed by atoms with E-state index in [1.807, 2.05) is 10.6 Å². The molecule has 350 valence electrons. The first-order valence-electron chi connectivity index (χ1n) is 18.6. The van der Waals surface area contributed by atoms with E-state index in [1.165, 1.54) is 38.8 Å². The Balaban J connectivity index is 2.39. The fraction of sp³-hybridized carbons (Fsp3) is 0.486. The van der Waals surface area contributed by atoms with Crippen molar-refractivity contribution in [1.29, 1.82) is 0 Å². The third-order valence-electron chi connectivity index (χ3n) is 8.86. The Morgan fingerprint density at radius 2 is 1.02 bits per heavy atom. The summed E-state index contributed by atoms with van der Waals surface area (Å²) in [6.45, 7) is -4.62. The molecule has 0 spiro atoms. The van der Waals surface area contributed by atoms with E-state index in [1.54, 1.807) is 0 Å². The first kappa shape index (κ1) is 52.2. The molecule has 29 nitrogen and oxygen atoms in total. The number of carboxylic acids is 8. The second-order valence-electron chi connectivity index (χ2n) is 13.8. The highest BCUT2D eigenvalue weighted by molar-refractivity contribution is 5.89. The van der Waals surface area contributed by atoms with Crippen LogP contribution in [0.4, 0.5) is 4.79 Å². The number of Topliss-reactive ketones (excluding diaryl/α,β-unsaturated/α-hetero) is 1. The van der Waals surface area contributed by atoms with Crippen LogP contribution in [0, 0.1) is 5.92 Å². The number of urea groups is 1. The van der Waals surface area contributed by atoms with Crippen LogP contribution >= 0.6 is 0 Å².